The molecule has 2 amide bonds. The molecule has 0 saturated heterocycles. The summed E-state index contributed by atoms with van der Waals surface area (Å²) >= 11 is 0. The largest absolute Gasteiger partial charge is 0.484 e. The maximum Gasteiger partial charge on any atom is 0.255 e. The van der Waals surface area contributed by atoms with Crippen LogP contribution in [0.3, 0.4) is 0 Å². The van der Waals surface area contributed by atoms with E-state index in [1.165, 1.54) is 0 Å². The van der Waals surface area contributed by atoms with E-state index in [9.17, 15) is 9.59 Å². The lowest BCUT2D eigenvalue weighted by atomic mass is 9.90. The number of hydrogen-bond donors (Lipinski definition) is 2. The van der Waals surface area contributed by atoms with Crippen LogP contribution in [-0.4, -0.2) is 28.0 Å². The van der Waals surface area contributed by atoms with Crippen molar-refractivity contribution in [3.8, 4) is 11.4 Å². The van der Waals surface area contributed by atoms with E-state index in [1.807, 2.05) is 47.0 Å². The molecule has 0 radical (unpaired) electrons. The smallest absolute Gasteiger partial charge is 0.255 e. The zero-order chi connectivity index (χ0) is 18.8. The third-order valence-corrected chi connectivity index (χ3v) is 4.47. The molecule has 7 heteroatoms. The van der Waals surface area contributed by atoms with Gasteiger partial charge in [0.25, 0.3) is 5.91 Å². The van der Waals surface area contributed by atoms with E-state index < -0.39 is 5.91 Å². The third kappa shape index (κ3) is 3.39. The van der Waals surface area contributed by atoms with Gasteiger partial charge in [0, 0.05) is 18.0 Å². The second-order valence-electron chi connectivity index (χ2n) is 6.31. The molecule has 0 bridgehead atoms. The van der Waals surface area contributed by atoms with Crippen molar-refractivity contribution < 1.29 is 14.3 Å². The van der Waals surface area contributed by atoms with E-state index in [1.54, 1.807) is 18.5 Å². The normalized spacial score (nSPS) is 15.7. The molecule has 1 aliphatic rings. The van der Waals surface area contributed by atoms with Crippen molar-refractivity contribution in [2.75, 3.05) is 11.9 Å². The number of imidazole rings is 1. The van der Waals surface area contributed by atoms with E-state index in [-0.39, 0.29) is 18.4 Å². The molecular formula is C20H18N4O3. The van der Waals surface area contributed by atoms with Gasteiger partial charge in [-0.3, -0.25) is 14.2 Å². The molecule has 3 aromatic rings. The molecule has 136 valence electrons. The summed E-state index contributed by atoms with van der Waals surface area (Å²) < 4.78 is 7.17. The Labute approximate surface area is 155 Å². The molecule has 2 heterocycles. The zero-order valence-corrected chi connectivity index (χ0v) is 14.5. The fourth-order valence-electron chi connectivity index (χ4n) is 3.22. The van der Waals surface area contributed by atoms with Gasteiger partial charge in [-0.25, -0.2) is 4.98 Å². The molecule has 0 spiro atoms. The van der Waals surface area contributed by atoms with Crippen LogP contribution in [0.1, 0.15) is 23.6 Å². The average Bonchev–Trinajstić information content (AvgIpc) is 3.10. The van der Waals surface area contributed by atoms with Crippen LogP contribution < -0.4 is 15.8 Å². The van der Waals surface area contributed by atoms with Crippen LogP contribution in [0.2, 0.25) is 0 Å². The SMILES string of the molecule is NC(=O)COc1ccc([C@H]2CC(=O)Nc3c2ncn3-c2ccccc2)cc1. The summed E-state index contributed by atoms with van der Waals surface area (Å²) in [6, 6.07) is 17.0. The number of aromatic nitrogens is 2. The molecule has 0 saturated carbocycles. The molecule has 0 fully saturated rings. The molecule has 7 nitrogen and oxygen atoms in total. The summed E-state index contributed by atoms with van der Waals surface area (Å²) in [6.45, 7) is -0.170. The number of para-hydroxylation sites is 1. The van der Waals surface area contributed by atoms with Gasteiger partial charge >= 0.3 is 0 Å². The number of primary amides is 1. The lowest BCUT2D eigenvalue weighted by molar-refractivity contribution is -0.120. The summed E-state index contributed by atoms with van der Waals surface area (Å²) in [5, 5.41) is 2.94. The van der Waals surface area contributed by atoms with Crippen molar-refractivity contribution in [2.24, 2.45) is 5.73 Å². The van der Waals surface area contributed by atoms with Crippen molar-refractivity contribution in [1.29, 1.82) is 0 Å². The number of carbonyl (C=O) groups excluding carboxylic acids is 2. The first-order chi connectivity index (χ1) is 13.1. The highest BCUT2D eigenvalue weighted by Gasteiger charge is 2.30. The molecule has 1 atom stereocenters. The van der Waals surface area contributed by atoms with Gasteiger partial charge in [0.1, 0.15) is 17.9 Å². The van der Waals surface area contributed by atoms with E-state index in [4.69, 9.17) is 10.5 Å². The van der Waals surface area contributed by atoms with Gasteiger partial charge < -0.3 is 15.8 Å². The topological polar surface area (TPSA) is 99.2 Å². The monoisotopic (exact) mass is 362 g/mol. The quantitative estimate of drug-likeness (QED) is 0.727. The summed E-state index contributed by atoms with van der Waals surface area (Å²) in [4.78, 5) is 27.7. The average molecular weight is 362 g/mol. The van der Waals surface area contributed by atoms with Crippen LogP contribution in [0, 0.1) is 0 Å². The van der Waals surface area contributed by atoms with Gasteiger partial charge in [0.15, 0.2) is 6.61 Å². The van der Waals surface area contributed by atoms with Crippen LogP contribution in [0.4, 0.5) is 5.82 Å². The number of rotatable bonds is 5. The molecule has 0 aliphatic carbocycles. The molecule has 3 N–H and O–H groups in total. The number of carbonyl (C=O) groups is 2. The summed E-state index contributed by atoms with van der Waals surface area (Å²) in [5.41, 5.74) is 7.80. The Kier molecular flexibility index (Phi) is 4.33. The highest BCUT2D eigenvalue weighted by molar-refractivity contribution is 5.94. The molecule has 4 rings (SSSR count). The molecular weight excluding hydrogens is 344 g/mol. The first-order valence-corrected chi connectivity index (χ1v) is 8.55. The maximum atomic E-state index is 12.3. The highest BCUT2D eigenvalue weighted by Crippen LogP contribution is 2.37. The fourth-order valence-corrected chi connectivity index (χ4v) is 3.22. The third-order valence-electron chi connectivity index (χ3n) is 4.47. The Balaban J connectivity index is 1.65. The number of nitrogens with two attached hydrogens (primary N) is 1. The summed E-state index contributed by atoms with van der Waals surface area (Å²) in [6.07, 6.45) is 2.04. The minimum atomic E-state index is -0.529. The maximum absolute atomic E-state index is 12.3. The fraction of sp³-hybridized carbons (Fsp3) is 0.150. The molecule has 1 aliphatic heterocycles. The van der Waals surface area contributed by atoms with Gasteiger partial charge in [0.05, 0.1) is 5.69 Å². The standard InChI is InChI=1S/C20H18N4O3/c21-17(25)11-27-15-8-6-13(7-9-15)16-10-18(26)23-20-19(16)22-12-24(20)14-4-2-1-3-5-14/h1-9,12,16H,10-11H2,(H2,21,25)(H,23,26)/t16-/m1/s1. The minimum Gasteiger partial charge on any atom is -0.484 e. The molecule has 0 unspecified atom stereocenters. The number of hydrogen-bond acceptors (Lipinski definition) is 4. The van der Waals surface area contributed by atoms with E-state index in [0.717, 1.165) is 16.9 Å². The Morgan fingerprint density at radius 2 is 1.93 bits per heavy atom. The van der Waals surface area contributed by atoms with E-state index >= 15 is 0 Å². The number of benzene rings is 2. The molecule has 27 heavy (non-hydrogen) atoms. The Bertz CT molecular complexity index is 980. The van der Waals surface area contributed by atoms with Crippen molar-refractivity contribution in [3.05, 3.63) is 72.2 Å². The van der Waals surface area contributed by atoms with E-state index in [0.29, 0.717) is 18.0 Å². The van der Waals surface area contributed by atoms with Crippen LogP contribution in [0.25, 0.3) is 5.69 Å². The van der Waals surface area contributed by atoms with Crippen LogP contribution >= 0.6 is 0 Å². The van der Waals surface area contributed by atoms with E-state index in [2.05, 4.69) is 10.3 Å². The lowest BCUT2D eigenvalue weighted by Gasteiger charge is -2.23. The predicted octanol–water partition coefficient (Wildman–Crippen LogP) is 2.21. The zero-order valence-electron chi connectivity index (χ0n) is 14.5. The van der Waals surface area contributed by atoms with Gasteiger partial charge in [-0.05, 0) is 29.8 Å². The number of nitrogens with zero attached hydrogens (tertiary/aromatic N) is 2. The van der Waals surface area contributed by atoms with Crippen molar-refractivity contribution in [1.82, 2.24) is 9.55 Å². The van der Waals surface area contributed by atoms with Crippen LogP contribution in [0.15, 0.2) is 60.9 Å². The highest BCUT2D eigenvalue weighted by atomic mass is 16.5. The number of fused-ring (bicyclic) bond motifs is 1. The van der Waals surface area contributed by atoms with Crippen LogP contribution in [0.5, 0.6) is 5.75 Å². The second kappa shape index (κ2) is 6.95. The molecule has 1 aromatic heterocycles. The Morgan fingerprint density at radius 3 is 2.63 bits per heavy atom. The number of anilines is 1. The number of ether oxygens (including phenoxy) is 1. The van der Waals surface area contributed by atoms with Crippen molar-refractivity contribution in [2.45, 2.75) is 12.3 Å². The van der Waals surface area contributed by atoms with Crippen LogP contribution in [-0.2, 0) is 9.59 Å². The first-order valence-electron chi connectivity index (χ1n) is 8.55. The predicted molar refractivity (Wildman–Crippen MR) is 99.8 cm³/mol. The molecule has 2 aromatic carbocycles. The number of nitrogens with one attached hydrogen (secondary N) is 1. The van der Waals surface area contributed by atoms with Crippen molar-refractivity contribution >= 4 is 17.6 Å². The van der Waals surface area contributed by atoms with Gasteiger partial charge in [0.2, 0.25) is 5.91 Å². The summed E-state index contributed by atoms with van der Waals surface area (Å²) in [7, 11) is 0. The Morgan fingerprint density at radius 1 is 1.19 bits per heavy atom. The lowest BCUT2D eigenvalue weighted by Crippen LogP contribution is -2.25. The Hall–Kier alpha value is -3.61. The second-order valence-corrected chi connectivity index (χ2v) is 6.31. The van der Waals surface area contributed by atoms with Gasteiger partial charge in [-0.1, -0.05) is 30.3 Å². The van der Waals surface area contributed by atoms with Gasteiger partial charge in [-0.15, -0.1) is 0 Å². The van der Waals surface area contributed by atoms with Gasteiger partial charge in [-0.2, -0.15) is 0 Å². The number of amides is 2. The van der Waals surface area contributed by atoms with Crippen molar-refractivity contribution in [3.63, 3.8) is 0 Å². The summed E-state index contributed by atoms with van der Waals surface area (Å²) in [5.74, 6) is 0.506. The first kappa shape index (κ1) is 16.8. The minimum absolute atomic E-state index is 0.0563.